The number of nitrogens with zero attached hydrogens (tertiary/aromatic N) is 3. The molecule has 7 heteroatoms. The number of ether oxygens (including phenoxy) is 1. The molecule has 0 spiro atoms. The summed E-state index contributed by atoms with van der Waals surface area (Å²) in [5.74, 6) is 0.646. The molecule has 27 heavy (non-hydrogen) atoms. The topological polar surface area (TPSA) is 50.8 Å². The van der Waals surface area contributed by atoms with Gasteiger partial charge in [-0.25, -0.2) is 4.98 Å². The second-order valence-electron chi connectivity index (χ2n) is 7.18. The van der Waals surface area contributed by atoms with Crippen LogP contribution in [0.1, 0.15) is 31.9 Å². The Bertz CT molecular complexity index is 1040. The minimum Gasteiger partial charge on any atom is -0.497 e. The second-order valence-corrected chi connectivity index (χ2v) is 7.65. The van der Waals surface area contributed by atoms with E-state index in [1.807, 2.05) is 26.8 Å². The van der Waals surface area contributed by atoms with Crippen molar-refractivity contribution in [1.82, 2.24) is 9.55 Å². The van der Waals surface area contributed by atoms with Crippen molar-refractivity contribution >= 4 is 22.6 Å². The summed E-state index contributed by atoms with van der Waals surface area (Å²) in [6.45, 7) is 5.73. The van der Waals surface area contributed by atoms with E-state index in [1.165, 1.54) is 6.07 Å². The Morgan fingerprint density at radius 1 is 1.19 bits per heavy atom. The number of aromatic nitrogens is 2. The molecule has 2 heterocycles. The van der Waals surface area contributed by atoms with Gasteiger partial charge in [0, 0.05) is 22.7 Å². The highest BCUT2D eigenvalue weighted by molar-refractivity contribution is 6.23. The maximum atomic E-state index is 14.2. The predicted molar refractivity (Wildman–Crippen MR) is 101 cm³/mol. The summed E-state index contributed by atoms with van der Waals surface area (Å²) in [6.07, 6.45) is 1.54. The summed E-state index contributed by atoms with van der Waals surface area (Å²) >= 11 is 5.40. The first-order valence-corrected chi connectivity index (χ1v) is 8.62. The van der Waals surface area contributed by atoms with E-state index in [4.69, 9.17) is 16.3 Å². The quantitative estimate of drug-likeness (QED) is 0.546. The third-order valence-corrected chi connectivity index (χ3v) is 4.49. The van der Waals surface area contributed by atoms with E-state index in [-0.39, 0.29) is 10.9 Å². The number of hydrogen-bond acceptors (Lipinski definition) is 3. The lowest BCUT2D eigenvalue weighted by molar-refractivity contribution is 0.0968. The lowest BCUT2D eigenvalue weighted by atomic mass is 10.0. The number of methoxy groups -OCH3 is 1. The first-order chi connectivity index (χ1) is 12.6. The van der Waals surface area contributed by atoms with E-state index in [0.717, 1.165) is 0 Å². The van der Waals surface area contributed by atoms with Gasteiger partial charge in [0.25, 0.3) is 0 Å². The van der Waals surface area contributed by atoms with Crippen LogP contribution in [0.3, 0.4) is 0 Å². The Hall–Kier alpha value is -2.65. The van der Waals surface area contributed by atoms with Gasteiger partial charge in [0.1, 0.15) is 17.5 Å². The van der Waals surface area contributed by atoms with E-state index in [2.05, 4.69) is 4.98 Å². The molecule has 3 aromatic rings. The molecule has 0 aliphatic carbocycles. The zero-order valence-corrected chi connectivity index (χ0v) is 16.1. The lowest BCUT2D eigenvalue weighted by Crippen LogP contribution is -2.21. The third kappa shape index (κ3) is 3.47. The summed E-state index contributed by atoms with van der Waals surface area (Å²) in [5.41, 5.74) is 0.498. The molecule has 0 saturated heterocycles. The van der Waals surface area contributed by atoms with E-state index >= 15 is 0 Å². The van der Waals surface area contributed by atoms with Gasteiger partial charge in [-0.3, -0.25) is 0 Å². The molecule has 0 radical (unpaired) electrons. The van der Waals surface area contributed by atoms with Crippen LogP contribution in [0.5, 0.6) is 5.75 Å². The van der Waals surface area contributed by atoms with Crippen LogP contribution in [0.25, 0.3) is 22.3 Å². The van der Waals surface area contributed by atoms with Crippen molar-refractivity contribution in [3.8, 4) is 23.1 Å². The van der Waals surface area contributed by atoms with Gasteiger partial charge in [0.05, 0.1) is 23.9 Å². The van der Waals surface area contributed by atoms with Crippen LogP contribution in [0.2, 0.25) is 0 Å². The second kappa shape index (κ2) is 6.50. The Balaban J connectivity index is 2.39. The molecule has 0 atom stereocenters. The molecular weight excluding hydrogens is 372 g/mol. The Morgan fingerprint density at radius 2 is 1.81 bits per heavy atom. The predicted octanol–water partition coefficient (Wildman–Crippen LogP) is 5.63. The van der Waals surface area contributed by atoms with Crippen LogP contribution in [0.4, 0.5) is 8.78 Å². The Morgan fingerprint density at radius 3 is 2.30 bits per heavy atom. The largest absolute Gasteiger partial charge is 0.497 e. The fourth-order valence-corrected chi connectivity index (χ4v) is 3.10. The molecule has 0 fully saturated rings. The monoisotopic (exact) mass is 389 g/mol. The number of nitriles is 1. The minimum atomic E-state index is -3.64. The Labute approximate surface area is 161 Å². The first-order valence-electron chi connectivity index (χ1n) is 8.24. The van der Waals surface area contributed by atoms with E-state index < -0.39 is 16.5 Å². The molecule has 2 aromatic heterocycles. The van der Waals surface area contributed by atoms with E-state index in [1.54, 1.807) is 42.1 Å². The van der Waals surface area contributed by atoms with Gasteiger partial charge in [-0.05, 0) is 62.7 Å². The zero-order valence-electron chi connectivity index (χ0n) is 15.3. The molecule has 3 rings (SSSR count). The smallest absolute Gasteiger partial charge is 0.349 e. The normalized spacial score (nSPS) is 12.2. The number of rotatable bonds is 3. The molecule has 0 saturated carbocycles. The number of fused-ring (bicyclic) bond motifs is 1. The standard InChI is InChI=1S/C20H18ClF2N3O/c1-19(2,3)26-11-13(10-24)17-15(20(21,22)23)9-16(25-18(17)26)12-5-7-14(27-4)8-6-12/h5-9,11H,1-4H3. The minimum absolute atomic E-state index is 0.0738. The molecule has 0 bridgehead atoms. The van der Waals surface area contributed by atoms with Crippen molar-refractivity contribution in [2.45, 2.75) is 31.7 Å². The Kier molecular flexibility index (Phi) is 4.61. The van der Waals surface area contributed by atoms with Gasteiger partial charge in [-0.1, -0.05) is 0 Å². The summed E-state index contributed by atoms with van der Waals surface area (Å²) in [6, 6.07) is 10.1. The van der Waals surface area contributed by atoms with Gasteiger partial charge >= 0.3 is 5.38 Å². The summed E-state index contributed by atoms with van der Waals surface area (Å²) in [4.78, 5) is 4.59. The highest BCUT2D eigenvalue weighted by Gasteiger charge is 2.34. The van der Waals surface area contributed by atoms with Gasteiger partial charge < -0.3 is 9.30 Å². The van der Waals surface area contributed by atoms with Crippen molar-refractivity contribution in [2.75, 3.05) is 7.11 Å². The molecule has 0 unspecified atom stereocenters. The van der Waals surface area contributed by atoms with Crippen molar-refractivity contribution in [1.29, 1.82) is 5.26 Å². The number of pyridine rings is 1. The van der Waals surface area contributed by atoms with Crippen molar-refractivity contribution in [2.24, 2.45) is 0 Å². The lowest BCUT2D eigenvalue weighted by Gasteiger charge is -2.22. The molecule has 0 N–H and O–H groups in total. The molecule has 4 nitrogen and oxygen atoms in total. The fourth-order valence-electron chi connectivity index (χ4n) is 2.96. The van der Waals surface area contributed by atoms with Crippen LogP contribution in [-0.4, -0.2) is 16.7 Å². The van der Waals surface area contributed by atoms with Crippen LogP contribution >= 0.6 is 11.6 Å². The molecule has 140 valence electrons. The maximum absolute atomic E-state index is 14.2. The molecule has 1 aromatic carbocycles. The zero-order chi connectivity index (χ0) is 20.0. The molecule has 0 aliphatic rings. The third-order valence-electron chi connectivity index (χ3n) is 4.29. The van der Waals surface area contributed by atoms with E-state index in [0.29, 0.717) is 22.7 Å². The molecule has 0 amide bonds. The number of halogens is 3. The van der Waals surface area contributed by atoms with Crippen LogP contribution in [-0.2, 0) is 10.9 Å². The van der Waals surface area contributed by atoms with Gasteiger partial charge in [-0.15, -0.1) is 0 Å². The first kappa shape index (κ1) is 19.1. The summed E-state index contributed by atoms with van der Waals surface area (Å²) < 4.78 is 35.3. The van der Waals surface area contributed by atoms with E-state index in [9.17, 15) is 14.0 Å². The van der Waals surface area contributed by atoms with Crippen LogP contribution in [0, 0.1) is 11.3 Å². The van der Waals surface area contributed by atoms with Gasteiger partial charge in [-0.2, -0.15) is 14.0 Å². The van der Waals surface area contributed by atoms with Crippen LogP contribution in [0.15, 0.2) is 36.5 Å². The summed E-state index contributed by atoms with van der Waals surface area (Å²) in [7, 11) is 1.55. The van der Waals surface area contributed by atoms with Crippen molar-refractivity contribution < 1.29 is 13.5 Å². The average molecular weight is 390 g/mol. The van der Waals surface area contributed by atoms with Gasteiger partial charge in [0.15, 0.2) is 0 Å². The fraction of sp³-hybridized carbons (Fsp3) is 0.300. The average Bonchev–Trinajstić information content (AvgIpc) is 2.99. The summed E-state index contributed by atoms with van der Waals surface area (Å²) in [5, 5.41) is 5.89. The number of benzene rings is 1. The van der Waals surface area contributed by atoms with Crippen molar-refractivity contribution in [3.05, 3.63) is 47.7 Å². The highest BCUT2D eigenvalue weighted by atomic mass is 35.5. The van der Waals surface area contributed by atoms with Gasteiger partial charge in [0.2, 0.25) is 0 Å². The number of hydrogen-bond donors (Lipinski definition) is 0. The van der Waals surface area contributed by atoms with Crippen LogP contribution < -0.4 is 4.74 Å². The highest BCUT2D eigenvalue weighted by Crippen LogP contribution is 2.41. The molecule has 0 aliphatic heterocycles. The SMILES string of the molecule is COc1ccc(-c2cc(C(F)(F)Cl)c3c(C#N)cn(C(C)(C)C)c3n2)cc1. The van der Waals surface area contributed by atoms with Crippen molar-refractivity contribution in [3.63, 3.8) is 0 Å². The molecular formula is C20H18ClF2N3O. The number of alkyl halides is 3. The maximum Gasteiger partial charge on any atom is 0.349 e.